The van der Waals surface area contributed by atoms with Gasteiger partial charge in [-0.3, -0.25) is 0 Å². The van der Waals surface area contributed by atoms with Gasteiger partial charge < -0.3 is 14.5 Å². The predicted molar refractivity (Wildman–Crippen MR) is 128 cm³/mol. The van der Waals surface area contributed by atoms with Gasteiger partial charge in [-0.05, 0) is 61.4 Å². The molecule has 4 aromatic rings. The minimum Gasteiger partial charge on any atom is -0.453 e. The average Bonchev–Trinajstić information content (AvgIpc) is 2.77. The molecule has 2 aliphatic rings. The van der Waals surface area contributed by atoms with Crippen molar-refractivity contribution in [3.63, 3.8) is 0 Å². The zero-order valence-electron chi connectivity index (χ0n) is 18.0. The standard InChI is InChI=1S/C28H24N2O/c1-18-8-11-23-20(14-18)16-21-15-19(2)9-12-24(21)30(23)22-10-13-26-28(17-22)31-27-7-5-4-6-25(27)29(26)3/h4-15,17H,16H2,1-3H3. The van der Waals surface area contributed by atoms with E-state index in [4.69, 9.17) is 4.74 Å². The highest BCUT2D eigenvalue weighted by Crippen LogP contribution is 2.50. The van der Waals surface area contributed by atoms with E-state index in [1.807, 2.05) is 18.2 Å². The van der Waals surface area contributed by atoms with Gasteiger partial charge in [0.2, 0.25) is 0 Å². The van der Waals surface area contributed by atoms with E-state index in [9.17, 15) is 0 Å². The highest BCUT2D eigenvalue weighted by Gasteiger charge is 2.27. The van der Waals surface area contributed by atoms with Crippen LogP contribution in [0.4, 0.5) is 28.4 Å². The van der Waals surface area contributed by atoms with Gasteiger partial charge in [0.1, 0.15) is 0 Å². The third-order valence-corrected chi connectivity index (χ3v) is 6.34. The van der Waals surface area contributed by atoms with E-state index in [0.29, 0.717) is 0 Å². The number of hydrogen-bond acceptors (Lipinski definition) is 3. The summed E-state index contributed by atoms with van der Waals surface area (Å²) in [5.74, 6) is 1.77. The van der Waals surface area contributed by atoms with Crippen LogP contribution in [0.5, 0.6) is 11.5 Å². The molecule has 0 atom stereocenters. The summed E-state index contributed by atoms with van der Waals surface area (Å²) in [5, 5.41) is 0. The molecule has 2 heterocycles. The Morgan fingerprint density at radius 1 is 0.645 bits per heavy atom. The lowest BCUT2D eigenvalue weighted by molar-refractivity contribution is 0.475. The first-order valence-electron chi connectivity index (χ1n) is 10.7. The Hall–Kier alpha value is -3.72. The Morgan fingerprint density at radius 3 is 1.97 bits per heavy atom. The lowest BCUT2D eigenvalue weighted by Gasteiger charge is -2.35. The van der Waals surface area contributed by atoms with E-state index < -0.39 is 0 Å². The molecule has 0 amide bonds. The maximum atomic E-state index is 6.33. The van der Waals surface area contributed by atoms with Gasteiger partial charge in [0.05, 0.1) is 17.1 Å². The molecule has 0 aromatic heterocycles. The number of fused-ring (bicyclic) bond motifs is 4. The van der Waals surface area contributed by atoms with Crippen molar-refractivity contribution < 1.29 is 4.74 Å². The molecule has 31 heavy (non-hydrogen) atoms. The quantitative estimate of drug-likeness (QED) is 0.287. The fourth-order valence-electron chi connectivity index (χ4n) is 4.83. The van der Waals surface area contributed by atoms with E-state index in [1.165, 1.54) is 33.6 Å². The minimum absolute atomic E-state index is 0.881. The summed E-state index contributed by atoms with van der Waals surface area (Å²) in [6, 6.07) is 28.2. The van der Waals surface area contributed by atoms with Gasteiger partial charge >= 0.3 is 0 Å². The van der Waals surface area contributed by atoms with Crippen molar-refractivity contribution in [2.75, 3.05) is 16.8 Å². The molecule has 0 saturated heterocycles. The summed E-state index contributed by atoms with van der Waals surface area (Å²) in [6.07, 6.45) is 0.960. The first-order valence-corrected chi connectivity index (χ1v) is 10.7. The van der Waals surface area contributed by atoms with Gasteiger partial charge in [0.15, 0.2) is 11.5 Å². The van der Waals surface area contributed by atoms with Crippen molar-refractivity contribution in [3.8, 4) is 11.5 Å². The zero-order chi connectivity index (χ0) is 21.1. The molecule has 152 valence electrons. The van der Waals surface area contributed by atoms with Crippen LogP contribution in [0, 0.1) is 13.8 Å². The lowest BCUT2D eigenvalue weighted by Crippen LogP contribution is -2.20. The van der Waals surface area contributed by atoms with Crippen LogP contribution in [-0.2, 0) is 6.42 Å². The van der Waals surface area contributed by atoms with Crippen LogP contribution in [0.15, 0.2) is 78.9 Å². The molecule has 0 aliphatic carbocycles. The largest absolute Gasteiger partial charge is 0.453 e. The highest BCUT2D eigenvalue weighted by atomic mass is 16.5. The second-order valence-corrected chi connectivity index (χ2v) is 8.56. The third kappa shape index (κ3) is 2.81. The molecule has 0 radical (unpaired) electrons. The van der Waals surface area contributed by atoms with Crippen molar-refractivity contribution in [1.29, 1.82) is 0 Å². The summed E-state index contributed by atoms with van der Waals surface area (Å²) in [4.78, 5) is 4.57. The Balaban J connectivity index is 1.52. The van der Waals surface area contributed by atoms with E-state index in [2.05, 4.69) is 91.4 Å². The fraction of sp³-hybridized carbons (Fsp3) is 0.143. The Morgan fingerprint density at radius 2 is 1.26 bits per heavy atom. The molecule has 6 rings (SSSR count). The summed E-state index contributed by atoms with van der Waals surface area (Å²) >= 11 is 0. The van der Waals surface area contributed by atoms with E-state index >= 15 is 0 Å². The number of benzene rings is 4. The first-order chi connectivity index (χ1) is 15.1. The van der Waals surface area contributed by atoms with Crippen LogP contribution in [0.1, 0.15) is 22.3 Å². The second-order valence-electron chi connectivity index (χ2n) is 8.56. The van der Waals surface area contributed by atoms with Crippen LogP contribution < -0.4 is 14.5 Å². The predicted octanol–water partition coefficient (Wildman–Crippen LogP) is 7.55. The maximum absolute atomic E-state index is 6.33. The van der Waals surface area contributed by atoms with Crippen molar-refractivity contribution in [2.45, 2.75) is 20.3 Å². The average molecular weight is 405 g/mol. The summed E-state index contributed by atoms with van der Waals surface area (Å²) in [5.41, 5.74) is 11.1. The van der Waals surface area contributed by atoms with E-state index in [1.54, 1.807) is 0 Å². The van der Waals surface area contributed by atoms with Crippen molar-refractivity contribution in [1.82, 2.24) is 0 Å². The number of ether oxygens (including phenoxy) is 1. The van der Waals surface area contributed by atoms with Crippen molar-refractivity contribution >= 4 is 28.4 Å². The number of aryl methyl sites for hydroxylation is 2. The summed E-state index contributed by atoms with van der Waals surface area (Å²) in [6.45, 7) is 4.33. The molecular weight excluding hydrogens is 380 g/mol. The number of nitrogens with zero attached hydrogens (tertiary/aromatic N) is 2. The molecule has 0 N–H and O–H groups in total. The Labute approximate surface area is 183 Å². The normalized spacial score (nSPS) is 13.6. The number of rotatable bonds is 1. The first kappa shape index (κ1) is 18.1. The molecule has 3 heteroatoms. The number of para-hydroxylation sites is 2. The van der Waals surface area contributed by atoms with Gasteiger partial charge in [-0.25, -0.2) is 0 Å². The number of hydrogen-bond donors (Lipinski definition) is 0. The third-order valence-electron chi connectivity index (χ3n) is 6.34. The molecule has 0 bridgehead atoms. The molecule has 3 nitrogen and oxygen atoms in total. The molecule has 4 aromatic carbocycles. The van der Waals surface area contributed by atoms with E-state index in [-0.39, 0.29) is 0 Å². The van der Waals surface area contributed by atoms with Crippen LogP contribution in [-0.4, -0.2) is 7.05 Å². The van der Waals surface area contributed by atoms with Gasteiger partial charge in [-0.1, -0.05) is 47.5 Å². The van der Waals surface area contributed by atoms with Gasteiger partial charge in [0, 0.05) is 30.9 Å². The lowest BCUT2D eigenvalue weighted by atomic mass is 9.92. The number of anilines is 5. The van der Waals surface area contributed by atoms with Crippen LogP contribution in [0.3, 0.4) is 0 Å². The fourth-order valence-corrected chi connectivity index (χ4v) is 4.83. The topological polar surface area (TPSA) is 15.7 Å². The van der Waals surface area contributed by atoms with Crippen LogP contribution in [0.25, 0.3) is 0 Å². The van der Waals surface area contributed by atoms with Crippen LogP contribution in [0.2, 0.25) is 0 Å². The second kappa shape index (κ2) is 6.64. The molecule has 0 saturated carbocycles. The summed E-state index contributed by atoms with van der Waals surface area (Å²) in [7, 11) is 2.09. The van der Waals surface area contributed by atoms with Gasteiger partial charge in [0.25, 0.3) is 0 Å². The molecule has 0 unspecified atom stereocenters. The zero-order valence-corrected chi connectivity index (χ0v) is 18.0. The van der Waals surface area contributed by atoms with Gasteiger partial charge in [-0.15, -0.1) is 0 Å². The van der Waals surface area contributed by atoms with Crippen LogP contribution >= 0.6 is 0 Å². The smallest absolute Gasteiger partial charge is 0.153 e. The Bertz CT molecular complexity index is 1290. The molecular formula is C28H24N2O. The molecule has 0 spiro atoms. The van der Waals surface area contributed by atoms with E-state index in [0.717, 1.165) is 35.0 Å². The Kier molecular flexibility index (Phi) is 3.87. The monoisotopic (exact) mass is 404 g/mol. The molecule has 2 aliphatic heterocycles. The van der Waals surface area contributed by atoms with Gasteiger partial charge in [-0.2, -0.15) is 0 Å². The minimum atomic E-state index is 0.881. The SMILES string of the molecule is Cc1ccc2c(c1)Cc1cc(C)ccc1N2c1ccc2c(c1)Oc1ccccc1N2C. The summed E-state index contributed by atoms with van der Waals surface area (Å²) < 4.78 is 6.33. The highest BCUT2D eigenvalue weighted by molar-refractivity contribution is 5.87. The molecule has 0 fully saturated rings. The van der Waals surface area contributed by atoms with Crippen molar-refractivity contribution in [3.05, 3.63) is 101 Å². The maximum Gasteiger partial charge on any atom is 0.153 e. The van der Waals surface area contributed by atoms with Crippen molar-refractivity contribution in [2.24, 2.45) is 0 Å².